The van der Waals surface area contributed by atoms with Crippen LogP contribution in [0.5, 0.6) is 0 Å². The second-order valence-corrected chi connectivity index (χ2v) is 21.5. The van der Waals surface area contributed by atoms with Gasteiger partial charge in [-0.1, -0.05) is 326 Å². The highest BCUT2D eigenvalue weighted by Crippen LogP contribution is 2.18. The van der Waals surface area contributed by atoms with E-state index in [1.807, 2.05) is 6.08 Å². The van der Waals surface area contributed by atoms with Crippen molar-refractivity contribution in [2.75, 3.05) is 6.61 Å². The first-order chi connectivity index (χ1) is 33.7. The maximum absolute atomic E-state index is 12.5. The van der Waals surface area contributed by atoms with E-state index in [4.69, 9.17) is 0 Å². The van der Waals surface area contributed by atoms with Gasteiger partial charge >= 0.3 is 0 Å². The van der Waals surface area contributed by atoms with Gasteiger partial charge in [-0.3, -0.25) is 4.79 Å². The molecule has 0 heterocycles. The van der Waals surface area contributed by atoms with Crippen LogP contribution in [0.2, 0.25) is 0 Å². The summed E-state index contributed by atoms with van der Waals surface area (Å²) in [5.74, 6) is -0.0569. The molecule has 0 saturated carbocycles. The Morgan fingerprint density at radius 2 is 0.603 bits per heavy atom. The summed E-state index contributed by atoms with van der Waals surface area (Å²) in [6.45, 7) is 4.34. The molecule has 0 fully saturated rings. The first-order valence-corrected chi connectivity index (χ1v) is 31.2. The number of hydrogen-bond acceptors (Lipinski definition) is 3. The molecule has 402 valence electrons. The van der Waals surface area contributed by atoms with E-state index in [0.29, 0.717) is 6.42 Å². The maximum atomic E-state index is 12.5. The van der Waals surface area contributed by atoms with E-state index in [9.17, 15) is 15.0 Å². The SMILES string of the molecule is CCCCCCC/C=C\C/C=C\CCCCCCCCCCCCCCCCCCCCCCCC(=O)NC(CO)C(O)/C=C/CCCCCCCCCCCCCCCCCCCCCCC. The molecular weight excluding hydrogens is 831 g/mol. The highest BCUT2D eigenvalue weighted by molar-refractivity contribution is 5.76. The quantitative estimate of drug-likeness (QED) is 0.0420. The van der Waals surface area contributed by atoms with Gasteiger partial charge in [0.25, 0.3) is 0 Å². The minimum atomic E-state index is -0.838. The van der Waals surface area contributed by atoms with Crippen LogP contribution < -0.4 is 5.32 Å². The zero-order valence-electron chi connectivity index (χ0n) is 46.4. The van der Waals surface area contributed by atoms with Gasteiger partial charge in [-0.15, -0.1) is 0 Å². The number of aliphatic hydroxyl groups excluding tert-OH is 2. The monoisotopic (exact) mass is 954 g/mol. The second-order valence-electron chi connectivity index (χ2n) is 21.5. The van der Waals surface area contributed by atoms with Gasteiger partial charge in [0.1, 0.15) is 0 Å². The van der Waals surface area contributed by atoms with Crippen molar-refractivity contribution in [2.24, 2.45) is 0 Å². The van der Waals surface area contributed by atoms with Crippen LogP contribution in [-0.2, 0) is 4.79 Å². The number of carbonyl (C=O) groups excluding carboxylic acids is 1. The lowest BCUT2D eigenvalue weighted by Crippen LogP contribution is -2.45. The molecule has 4 nitrogen and oxygen atoms in total. The summed E-state index contributed by atoms with van der Waals surface area (Å²) in [4.78, 5) is 12.5. The molecule has 0 aliphatic rings. The topological polar surface area (TPSA) is 69.6 Å². The number of rotatable bonds is 58. The first-order valence-electron chi connectivity index (χ1n) is 31.2. The highest BCUT2D eigenvalue weighted by Gasteiger charge is 2.18. The summed E-state index contributed by atoms with van der Waals surface area (Å²) in [7, 11) is 0. The summed E-state index contributed by atoms with van der Waals surface area (Å²) < 4.78 is 0. The van der Waals surface area contributed by atoms with Crippen molar-refractivity contribution in [3.63, 3.8) is 0 Å². The molecule has 2 atom stereocenters. The average Bonchev–Trinajstić information content (AvgIpc) is 3.34. The Hall–Kier alpha value is -1.39. The third-order valence-corrected chi connectivity index (χ3v) is 14.6. The molecule has 0 rings (SSSR count). The maximum Gasteiger partial charge on any atom is 0.220 e. The molecule has 4 heteroatoms. The number of aliphatic hydroxyl groups is 2. The Labute approximate surface area is 427 Å². The Bertz CT molecular complexity index is 1040. The summed E-state index contributed by atoms with van der Waals surface area (Å²) >= 11 is 0. The van der Waals surface area contributed by atoms with Crippen LogP contribution in [0.3, 0.4) is 0 Å². The molecule has 0 bridgehead atoms. The smallest absolute Gasteiger partial charge is 0.220 e. The normalized spacial score (nSPS) is 12.9. The van der Waals surface area contributed by atoms with Gasteiger partial charge in [0.15, 0.2) is 0 Å². The average molecular weight is 955 g/mol. The summed E-state index contributed by atoms with van der Waals surface area (Å²) in [5, 5.41) is 23.2. The zero-order chi connectivity index (χ0) is 49.2. The van der Waals surface area contributed by atoms with Crippen molar-refractivity contribution >= 4 is 5.91 Å². The molecule has 0 aliphatic heterocycles. The predicted molar refractivity (Wildman–Crippen MR) is 304 cm³/mol. The van der Waals surface area contributed by atoms with E-state index in [-0.39, 0.29) is 12.5 Å². The third kappa shape index (κ3) is 55.5. The van der Waals surface area contributed by atoms with Crippen molar-refractivity contribution in [2.45, 2.75) is 360 Å². The molecule has 0 aromatic heterocycles. The first kappa shape index (κ1) is 66.6. The van der Waals surface area contributed by atoms with Crippen molar-refractivity contribution in [3.05, 3.63) is 36.5 Å². The largest absolute Gasteiger partial charge is 0.394 e. The van der Waals surface area contributed by atoms with E-state index in [2.05, 4.69) is 43.5 Å². The molecule has 2 unspecified atom stereocenters. The highest BCUT2D eigenvalue weighted by atomic mass is 16.3. The lowest BCUT2D eigenvalue weighted by molar-refractivity contribution is -0.123. The van der Waals surface area contributed by atoms with Crippen LogP contribution in [0.15, 0.2) is 36.5 Å². The molecule has 0 radical (unpaired) electrons. The third-order valence-electron chi connectivity index (χ3n) is 14.6. The van der Waals surface area contributed by atoms with Gasteiger partial charge in [0, 0.05) is 6.42 Å². The standard InChI is InChI=1S/C64H123NO3/c1-3-5-7-9-11-13-15-17-19-21-23-25-27-28-29-30-31-32-33-34-35-36-38-40-42-44-46-48-50-52-54-56-58-60-64(68)65-62(61-66)63(67)59-57-55-53-51-49-47-45-43-41-39-37-26-24-22-20-18-16-14-12-10-8-6-4-2/h15,17,21,23,57,59,62-63,66-67H,3-14,16,18-20,22,24-56,58,60-61H2,1-2H3,(H,65,68)/b17-15-,23-21-,59-57+. The van der Waals surface area contributed by atoms with E-state index < -0.39 is 12.1 Å². The lowest BCUT2D eigenvalue weighted by Gasteiger charge is -2.20. The van der Waals surface area contributed by atoms with Crippen molar-refractivity contribution in [1.29, 1.82) is 0 Å². The van der Waals surface area contributed by atoms with Crippen LogP contribution in [0.25, 0.3) is 0 Å². The van der Waals surface area contributed by atoms with Gasteiger partial charge in [-0.2, -0.15) is 0 Å². The summed E-state index contributed by atoms with van der Waals surface area (Å²) in [5.41, 5.74) is 0. The number of amides is 1. The minimum Gasteiger partial charge on any atom is -0.394 e. The van der Waals surface area contributed by atoms with Crippen LogP contribution in [0.1, 0.15) is 348 Å². The molecule has 0 aromatic rings. The molecule has 0 spiro atoms. The van der Waals surface area contributed by atoms with Crippen LogP contribution >= 0.6 is 0 Å². The second kappa shape index (κ2) is 59.9. The molecule has 0 saturated heterocycles. The van der Waals surface area contributed by atoms with Gasteiger partial charge < -0.3 is 15.5 Å². The molecule has 1 amide bonds. The Morgan fingerprint density at radius 3 is 0.882 bits per heavy atom. The Kier molecular flexibility index (Phi) is 58.7. The van der Waals surface area contributed by atoms with Crippen molar-refractivity contribution in [1.82, 2.24) is 5.32 Å². The number of carbonyl (C=O) groups is 1. The molecule has 68 heavy (non-hydrogen) atoms. The minimum absolute atomic E-state index is 0.0569. The van der Waals surface area contributed by atoms with Crippen molar-refractivity contribution in [3.8, 4) is 0 Å². The van der Waals surface area contributed by atoms with E-state index in [1.54, 1.807) is 6.08 Å². The summed E-state index contributed by atoms with van der Waals surface area (Å²) in [6.07, 6.45) is 81.9. The number of hydrogen-bond donors (Lipinski definition) is 3. The predicted octanol–water partition coefficient (Wildman–Crippen LogP) is 20.8. The fourth-order valence-corrected chi connectivity index (χ4v) is 9.86. The fourth-order valence-electron chi connectivity index (χ4n) is 9.86. The zero-order valence-corrected chi connectivity index (χ0v) is 46.4. The van der Waals surface area contributed by atoms with E-state index >= 15 is 0 Å². The lowest BCUT2D eigenvalue weighted by atomic mass is 10.0. The van der Waals surface area contributed by atoms with Gasteiger partial charge in [0.05, 0.1) is 18.8 Å². The van der Waals surface area contributed by atoms with Gasteiger partial charge in [-0.25, -0.2) is 0 Å². The van der Waals surface area contributed by atoms with Gasteiger partial charge in [-0.05, 0) is 51.4 Å². The molecular formula is C64H123NO3. The van der Waals surface area contributed by atoms with E-state index in [1.165, 1.54) is 295 Å². The van der Waals surface area contributed by atoms with E-state index in [0.717, 1.165) is 32.1 Å². The van der Waals surface area contributed by atoms with Crippen molar-refractivity contribution < 1.29 is 15.0 Å². The summed E-state index contributed by atoms with van der Waals surface area (Å²) in [6, 6.07) is -0.621. The van der Waals surface area contributed by atoms with Crippen LogP contribution in [0.4, 0.5) is 0 Å². The van der Waals surface area contributed by atoms with Gasteiger partial charge in [0.2, 0.25) is 5.91 Å². The fraction of sp³-hybridized carbons (Fsp3) is 0.891. The Balaban J connectivity index is 3.43. The number of nitrogens with one attached hydrogen (secondary N) is 1. The Morgan fingerprint density at radius 1 is 0.353 bits per heavy atom. The molecule has 0 aromatic carbocycles. The van der Waals surface area contributed by atoms with Crippen LogP contribution in [0, 0.1) is 0 Å². The van der Waals surface area contributed by atoms with Crippen LogP contribution in [-0.4, -0.2) is 34.9 Å². The molecule has 3 N–H and O–H groups in total. The number of allylic oxidation sites excluding steroid dienone is 5. The number of unbranched alkanes of at least 4 members (excludes halogenated alkanes) is 47. The molecule has 0 aliphatic carbocycles.